The molecule has 2 N–H and O–H groups in total. The van der Waals surface area contributed by atoms with Crippen molar-refractivity contribution in [3.8, 4) is 0 Å². The maximum absolute atomic E-state index is 13.3. The van der Waals surface area contributed by atoms with Crippen LogP contribution in [-0.4, -0.2) is 32.0 Å². The average Bonchev–Trinajstić information content (AvgIpc) is 2.99. The maximum atomic E-state index is 13.3. The fourth-order valence-electron chi connectivity index (χ4n) is 2.93. The predicted molar refractivity (Wildman–Crippen MR) is 81.0 cm³/mol. The largest absolute Gasteiger partial charge is 0.391 e. The van der Waals surface area contributed by atoms with Gasteiger partial charge < -0.3 is 10.4 Å². The lowest BCUT2D eigenvalue weighted by atomic mass is 9.83. The Balaban J connectivity index is 1.58. The van der Waals surface area contributed by atoms with Gasteiger partial charge in [-0.25, -0.2) is 9.37 Å². The van der Waals surface area contributed by atoms with Crippen LogP contribution in [0, 0.1) is 5.82 Å². The van der Waals surface area contributed by atoms with E-state index in [-0.39, 0.29) is 17.9 Å². The van der Waals surface area contributed by atoms with Crippen LogP contribution < -0.4 is 5.32 Å². The van der Waals surface area contributed by atoms with Crippen LogP contribution in [0.15, 0.2) is 48.8 Å². The number of rotatable bonds is 3. The normalized spacial score (nSPS) is 24.2. The fourth-order valence-corrected chi connectivity index (χ4v) is 2.93. The Morgan fingerprint density at radius 3 is 2.91 bits per heavy atom. The molecule has 3 atom stereocenters. The number of nitrogens with one attached hydrogen (secondary N) is 1. The summed E-state index contributed by atoms with van der Waals surface area (Å²) in [6.45, 7) is 0. The van der Waals surface area contributed by atoms with E-state index in [9.17, 15) is 9.50 Å². The Labute approximate surface area is 126 Å². The van der Waals surface area contributed by atoms with Crippen molar-refractivity contribution >= 4 is 16.7 Å². The van der Waals surface area contributed by atoms with E-state index in [1.165, 1.54) is 12.1 Å². The molecule has 112 valence electrons. The minimum Gasteiger partial charge on any atom is -0.391 e. The highest BCUT2D eigenvalue weighted by atomic mass is 19.1. The summed E-state index contributed by atoms with van der Waals surface area (Å²) in [5, 5.41) is 18.4. The SMILES string of the molecule is O[C@@H]1C[C@H](Nc2ccc3ccc(F)cc3n2)[C@H]1n1cccn1. The van der Waals surface area contributed by atoms with Crippen molar-refractivity contribution in [2.45, 2.75) is 24.6 Å². The molecule has 0 bridgehead atoms. The van der Waals surface area contributed by atoms with Crippen LogP contribution in [0.1, 0.15) is 12.5 Å². The van der Waals surface area contributed by atoms with Crippen LogP contribution in [0.3, 0.4) is 0 Å². The summed E-state index contributed by atoms with van der Waals surface area (Å²) in [6.07, 6.45) is 3.74. The van der Waals surface area contributed by atoms with Crippen LogP contribution >= 0.6 is 0 Å². The number of pyridine rings is 1. The van der Waals surface area contributed by atoms with Crippen molar-refractivity contribution in [2.75, 3.05) is 5.32 Å². The Kier molecular flexibility index (Phi) is 3.04. The van der Waals surface area contributed by atoms with E-state index in [1.54, 1.807) is 16.9 Å². The van der Waals surface area contributed by atoms with Crippen molar-refractivity contribution in [2.24, 2.45) is 0 Å². The maximum Gasteiger partial charge on any atom is 0.126 e. The van der Waals surface area contributed by atoms with Gasteiger partial charge in [0.2, 0.25) is 0 Å². The number of nitrogens with zero attached hydrogens (tertiary/aromatic N) is 3. The van der Waals surface area contributed by atoms with Crippen molar-refractivity contribution in [1.82, 2.24) is 14.8 Å². The van der Waals surface area contributed by atoms with Crippen LogP contribution in [0.25, 0.3) is 10.9 Å². The number of aliphatic hydroxyl groups excluding tert-OH is 1. The van der Waals surface area contributed by atoms with E-state index in [0.717, 1.165) is 5.39 Å². The van der Waals surface area contributed by atoms with E-state index in [0.29, 0.717) is 17.8 Å². The molecular weight excluding hydrogens is 283 g/mol. The molecule has 22 heavy (non-hydrogen) atoms. The molecule has 1 aliphatic rings. The minimum atomic E-state index is -0.421. The van der Waals surface area contributed by atoms with Gasteiger partial charge in [0.25, 0.3) is 0 Å². The highest BCUT2D eigenvalue weighted by Gasteiger charge is 2.41. The molecule has 1 aromatic carbocycles. The molecular formula is C16H15FN4O. The van der Waals surface area contributed by atoms with Crippen LogP contribution in [0.5, 0.6) is 0 Å². The number of hydrogen-bond donors (Lipinski definition) is 2. The van der Waals surface area contributed by atoms with Gasteiger partial charge in [-0.1, -0.05) is 0 Å². The third kappa shape index (κ3) is 2.21. The van der Waals surface area contributed by atoms with Crippen LogP contribution in [0.4, 0.5) is 10.2 Å². The van der Waals surface area contributed by atoms with Gasteiger partial charge >= 0.3 is 0 Å². The molecule has 4 rings (SSSR count). The molecule has 1 aliphatic carbocycles. The number of aliphatic hydroxyl groups is 1. The monoisotopic (exact) mass is 298 g/mol. The Hall–Kier alpha value is -2.47. The molecule has 5 nitrogen and oxygen atoms in total. The Morgan fingerprint density at radius 2 is 2.14 bits per heavy atom. The number of benzene rings is 1. The quantitative estimate of drug-likeness (QED) is 0.779. The van der Waals surface area contributed by atoms with Crippen LogP contribution in [0.2, 0.25) is 0 Å². The molecule has 0 unspecified atom stereocenters. The molecule has 2 heterocycles. The lowest BCUT2D eigenvalue weighted by molar-refractivity contribution is 0.0133. The molecule has 0 radical (unpaired) electrons. The molecule has 0 aliphatic heterocycles. The molecule has 1 fully saturated rings. The first-order chi connectivity index (χ1) is 10.7. The third-order valence-electron chi connectivity index (χ3n) is 4.12. The van der Waals surface area contributed by atoms with E-state index in [4.69, 9.17) is 0 Å². The van der Waals surface area contributed by atoms with Gasteiger partial charge in [-0.15, -0.1) is 0 Å². The first kappa shape index (κ1) is 13.2. The van der Waals surface area contributed by atoms with Crippen molar-refractivity contribution < 1.29 is 9.50 Å². The fraction of sp³-hybridized carbons (Fsp3) is 0.250. The van der Waals surface area contributed by atoms with Gasteiger partial charge in [0.1, 0.15) is 11.6 Å². The Morgan fingerprint density at radius 1 is 1.27 bits per heavy atom. The first-order valence-corrected chi connectivity index (χ1v) is 7.21. The molecule has 0 amide bonds. The Bertz CT molecular complexity index is 805. The number of hydrogen-bond acceptors (Lipinski definition) is 4. The van der Waals surface area contributed by atoms with Crippen LogP contribution in [-0.2, 0) is 0 Å². The van der Waals surface area contributed by atoms with Gasteiger partial charge in [-0.2, -0.15) is 5.10 Å². The molecule has 0 spiro atoms. The smallest absolute Gasteiger partial charge is 0.126 e. The summed E-state index contributed by atoms with van der Waals surface area (Å²) in [5.41, 5.74) is 0.612. The summed E-state index contributed by atoms with van der Waals surface area (Å²) in [6, 6.07) is 10.1. The summed E-state index contributed by atoms with van der Waals surface area (Å²) >= 11 is 0. The van der Waals surface area contributed by atoms with E-state index in [1.807, 2.05) is 24.4 Å². The molecule has 3 aromatic rings. The standard InChI is InChI=1S/C16H15FN4O/c17-11-4-2-10-3-5-15(19-12(10)8-11)20-13-9-14(22)16(13)21-7-1-6-18-21/h1-8,13-14,16,22H,9H2,(H,19,20)/t13-,14+,16+/m0/s1. The number of anilines is 1. The van der Waals surface area contributed by atoms with Crippen molar-refractivity contribution in [1.29, 1.82) is 0 Å². The highest BCUT2D eigenvalue weighted by Crippen LogP contribution is 2.34. The lowest BCUT2D eigenvalue weighted by Crippen LogP contribution is -2.51. The van der Waals surface area contributed by atoms with Gasteiger partial charge in [0.15, 0.2) is 0 Å². The van der Waals surface area contributed by atoms with Gasteiger partial charge in [0, 0.05) is 23.8 Å². The zero-order valence-electron chi connectivity index (χ0n) is 11.7. The number of aromatic nitrogens is 3. The third-order valence-corrected chi connectivity index (χ3v) is 4.12. The minimum absolute atomic E-state index is 0.0495. The van der Waals surface area contributed by atoms with Gasteiger partial charge in [0.05, 0.1) is 23.7 Å². The summed E-state index contributed by atoms with van der Waals surface area (Å²) < 4.78 is 15.1. The molecule has 0 saturated heterocycles. The number of fused-ring (bicyclic) bond motifs is 1. The zero-order valence-corrected chi connectivity index (χ0v) is 11.7. The second kappa shape index (κ2) is 5.06. The van der Waals surface area contributed by atoms with E-state index in [2.05, 4.69) is 15.4 Å². The summed E-state index contributed by atoms with van der Waals surface area (Å²) in [7, 11) is 0. The van der Waals surface area contributed by atoms with E-state index >= 15 is 0 Å². The van der Waals surface area contributed by atoms with Gasteiger partial charge in [-0.3, -0.25) is 4.68 Å². The topological polar surface area (TPSA) is 63.0 Å². The van der Waals surface area contributed by atoms with Crippen molar-refractivity contribution in [3.05, 3.63) is 54.6 Å². The highest BCUT2D eigenvalue weighted by molar-refractivity contribution is 5.80. The predicted octanol–water partition coefficient (Wildman–Crippen LogP) is 2.36. The zero-order chi connectivity index (χ0) is 15.1. The molecule has 6 heteroatoms. The van der Waals surface area contributed by atoms with E-state index < -0.39 is 6.10 Å². The van der Waals surface area contributed by atoms with Gasteiger partial charge in [-0.05, 0) is 36.8 Å². The molecule has 2 aromatic heterocycles. The molecule has 1 saturated carbocycles. The van der Waals surface area contributed by atoms with Crippen molar-refractivity contribution in [3.63, 3.8) is 0 Å². The summed E-state index contributed by atoms with van der Waals surface area (Å²) in [5.74, 6) is 0.373. The summed E-state index contributed by atoms with van der Waals surface area (Å²) in [4.78, 5) is 4.44. The lowest BCUT2D eigenvalue weighted by Gasteiger charge is -2.42. The second-order valence-electron chi connectivity index (χ2n) is 5.56. The number of halogens is 1. The second-order valence-corrected chi connectivity index (χ2v) is 5.56. The first-order valence-electron chi connectivity index (χ1n) is 7.21. The average molecular weight is 298 g/mol.